The molecule has 0 fully saturated rings. The van der Waals surface area contributed by atoms with Gasteiger partial charge >= 0.3 is 11.9 Å². The molecule has 1 aromatic rings. The fourth-order valence-corrected chi connectivity index (χ4v) is 1.85. The molecule has 5 nitrogen and oxygen atoms in total. The Bertz CT molecular complexity index is 401. The number of rotatable bonds is 8. The van der Waals surface area contributed by atoms with Crippen molar-refractivity contribution in [2.45, 2.75) is 6.42 Å². The van der Waals surface area contributed by atoms with Crippen molar-refractivity contribution in [3.8, 4) is 5.75 Å². The Labute approximate surface area is 109 Å². The Morgan fingerprint density at radius 3 is 2.39 bits per heavy atom. The number of carboxylic acids is 2. The third-order valence-electron chi connectivity index (χ3n) is 2.03. The van der Waals surface area contributed by atoms with Gasteiger partial charge in [0, 0.05) is 0 Å². The average Bonchev–Trinajstić information content (AvgIpc) is 2.34. The normalized spacial score (nSPS) is 10.0. The molecule has 18 heavy (non-hydrogen) atoms. The van der Waals surface area contributed by atoms with Crippen LogP contribution in [0, 0.1) is 0 Å². The molecule has 0 aliphatic carbocycles. The average molecular weight is 270 g/mol. The number of ether oxygens (including phenoxy) is 1. The third-order valence-corrected chi connectivity index (χ3v) is 3.06. The number of aliphatic carboxylic acids is 1. The highest BCUT2D eigenvalue weighted by molar-refractivity contribution is 7.99. The summed E-state index contributed by atoms with van der Waals surface area (Å²) in [5.74, 6) is -0.340. The lowest BCUT2D eigenvalue weighted by molar-refractivity contribution is -0.133. The molecule has 0 aliphatic heterocycles. The van der Waals surface area contributed by atoms with Crippen molar-refractivity contribution >= 4 is 23.7 Å². The van der Waals surface area contributed by atoms with Crippen molar-refractivity contribution in [2.75, 3.05) is 18.1 Å². The minimum Gasteiger partial charge on any atom is -0.494 e. The lowest BCUT2D eigenvalue weighted by atomic mass is 10.2. The molecule has 0 aromatic heterocycles. The van der Waals surface area contributed by atoms with Crippen LogP contribution in [-0.4, -0.2) is 40.3 Å². The quantitative estimate of drug-likeness (QED) is 0.703. The molecule has 1 rings (SSSR count). The van der Waals surface area contributed by atoms with Crippen LogP contribution in [0.4, 0.5) is 0 Å². The largest absolute Gasteiger partial charge is 0.494 e. The fourth-order valence-electron chi connectivity index (χ4n) is 1.20. The van der Waals surface area contributed by atoms with Gasteiger partial charge in [-0.3, -0.25) is 4.79 Å². The Kier molecular flexibility index (Phi) is 6.07. The first kappa shape index (κ1) is 14.4. The van der Waals surface area contributed by atoms with E-state index in [0.717, 1.165) is 12.2 Å². The summed E-state index contributed by atoms with van der Waals surface area (Å²) in [5.41, 5.74) is 0.222. The standard InChI is InChI=1S/C12H14O5S/c13-11(14)8-18-7-1-6-17-10-4-2-9(3-5-10)12(15)16/h2-5H,1,6-8H2,(H,13,14)(H,15,16). The molecule has 2 N–H and O–H groups in total. The summed E-state index contributed by atoms with van der Waals surface area (Å²) < 4.78 is 5.39. The number of benzene rings is 1. The van der Waals surface area contributed by atoms with Crippen molar-refractivity contribution in [3.63, 3.8) is 0 Å². The monoisotopic (exact) mass is 270 g/mol. The summed E-state index contributed by atoms with van der Waals surface area (Å²) in [6.45, 7) is 0.485. The van der Waals surface area contributed by atoms with Gasteiger partial charge in [0.1, 0.15) is 5.75 Å². The molecule has 0 aliphatic rings. The van der Waals surface area contributed by atoms with Crippen LogP contribution in [-0.2, 0) is 4.79 Å². The molecule has 0 unspecified atom stereocenters. The van der Waals surface area contributed by atoms with Crippen molar-refractivity contribution in [2.24, 2.45) is 0 Å². The van der Waals surface area contributed by atoms with Crippen LogP contribution in [0.3, 0.4) is 0 Å². The van der Waals surface area contributed by atoms with Crippen LogP contribution in [0.2, 0.25) is 0 Å². The third kappa shape index (κ3) is 5.58. The zero-order chi connectivity index (χ0) is 13.4. The van der Waals surface area contributed by atoms with E-state index in [0.29, 0.717) is 12.4 Å². The zero-order valence-corrected chi connectivity index (χ0v) is 10.5. The molecule has 0 spiro atoms. The molecular weight excluding hydrogens is 256 g/mol. The SMILES string of the molecule is O=C(O)CSCCCOc1ccc(C(=O)O)cc1. The number of thioether (sulfide) groups is 1. The van der Waals surface area contributed by atoms with Crippen molar-refractivity contribution in [1.82, 2.24) is 0 Å². The van der Waals surface area contributed by atoms with E-state index in [2.05, 4.69) is 0 Å². The molecule has 98 valence electrons. The predicted molar refractivity (Wildman–Crippen MR) is 68.5 cm³/mol. The van der Waals surface area contributed by atoms with E-state index in [1.807, 2.05) is 0 Å². The van der Waals surface area contributed by atoms with Gasteiger partial charge in [0.05, 0.1) is 17.9 Å². The predicted octanol–water partition coefficient (Wildman–Crippen LogP) is 1.97. The van der Waals surface area contributed by atoms with E-state index in [9.17, 15) is 9.59 Å². The van der Waals surface area contributed by atoms with Gasteiger partial charge in [-0.25, -0.2) is 4.79 Å². The van der Waals surface area contributed by atoms with E-state index in [4.69, 9.17) is 14.9 Å². The first-order valence-corrected chi connectivity index (χ1v) is 6.51. The second kappa shape index (κ2) is 7.60. The van der Waals surface area contributed by atoms with Gasteiger partial charge in [-0.1, -0.05) is 0 Å². The summed E-state index contributed by atoms with van der Waals surface area (Å²) in [4.78, 5) is 20.8. The van der Waals surface area contributed by atoms with Gasteiger partial charge < -0.3 is 14.9 Å². The van der Waals surface area contributed by atoms with Gasteiger partial charge in [0.2, 0.25) is 0 Å². The maximum absolute atomic E-state index is 10.6. The van der Waals surface area contributed by atoms with E-state index >= 15 is 0 Å². The smallest absolute Gasteiger partial charge is 0.335 e. The van der Waals surface area contributed by atoms with Crippen molar-refractivity contribution in [1.29, 1.82) is 0 Å². The number of hydrogen-bond acceptors (Lipinski definition) is 4. The van der Waals surface area contributed by atoms with Crippen LogP contribution in [0.5, 0.6) is 5.75 Å². The molecule has 0 radical (unpaired) electrons. The van der Waals surface area contributed by atoms with Gasteiger partial charge in [-0.15, -0.1) is 0 Å². The number of carbonyl (C=O) groups is 2. The first-order valence-electron chi connectivity index (χ1n) is 5.35. The zero-order valence-electron chi connectivity index (χ0n) is 9.67. The summed E-state index contributed by atoms with van der Waals surface area (Å²) in [6, 6.07) is 6.18. The maximum atomic E-state index is 10.6. The minimum absolute atomic E-state index is 0.104. The highest BCUT2D eigenvalue weighted by Crippen LogP contribution is 2.13. The first-order chi connectivity index (χ1) is 8.59. The molecule has 0 amide bonds. The topological polar surface area (TPSA) is 83.8 Å². The van der Waals surface area contributed by atoms with Gasteiger partial charge in [0.15, 0.2) is 0 Å². The molecule has 6 heteroatoms. The minimum atomic E-state index is -0.966. The lowest BCUT2D eigenvalue weighted by Gasteiger charge is -2.05. The van der Waals surface area contributed by atoms with Crippen LogP contribution in [0.25, 0.3) is 0 Å². The number of aromatic carboxylic acids is 1. The van der Waals surface area contributed by atoms with Crippen molar-refractivity contribution < 1.29 is 24.5 Å². The highest BCUT2D eigenvalue weighted by Gasteiger charge is 2.02. The summed E-state index contributed by atoms with van der Waals surface area (Å²) >= 11 is 1.35. The molecular formula is C12H14O5S. The number of hydrogen-bond donors (Lipinski definition) is 2. The molecule has 0 atom stereocenters. The molecule has 0 heterocycles. The second-order valence-electron chi connectivity index (χ2n) is 3.48. The summed E-state index contributed by atoms with van der Waals surface area (Å²) in [5, 5.41) is 17.1. The molecule has 0 saturated heterocycles. The van der Waals surface area contributed by atoms with Gasteiger partial charge in [-0.2, -0.15) is 11.8 Å². The Balaban J connectivity index is 2.19. The fraction of sp³-hybridized carbons (Fsp3) is 0.333. The Hall–Kier alpha value is -1.69. The number of carboxylic acid groups (broad SMARTS) is 2. The van der Waals surface area contributed by atoms with Crippen LogP contribution < -0.4 is 4.74 Å². The molecule has 1 aromatic carbocycles. The van der Waals surface area contributed by atoms with Crippen LogP contribution in [0.1, 0.15) is 16.8 Å². The van der Waals surface area contributed by atoms with Gasteiger partial charge in [0.25, 0.3) is 0 Å². The van der Waals surface area contributed by atoms with Gasteiger partial charge in [-0.05, 0) is 36.4 Å². The lowest BCUT2D eigenvalue weighted by Crippen LogP contribution is -2.02. The van der Waals surface area contributed by atoms with E-state index in [1.165, 1.54) is 23.9 Å². The van der Waals surface area contributed by atoms with E-state index < -0.39 is 11.9 Å². The highest BCUT2D eigenvalue weighted by atomic mass is 32.2. The second-order valence-corrected chi connectivity index (χ2v) is 4.58. The van der Waals surface area contributed by atoms with Crippen molar-refractivity contribution in [3.05, 3.63) is 29.8 Å². The van der Waals surface area contributed by atoms with E-state index in [1.54, 1.807) is 12.1 Å². The summed E-state index contributed by atoms with van der Waals surface area (Å²) in [6.07, 6.45) is 0.749. The molecule has 0 saturated carbocycles. The van der Waals surface area contributed by atoms with Crippen LogP contribution >= 0.6 is 11.8 Å². The van der Waals surface area contributed by atoms with E-state index in [-0.39, 0.29) is 11.3 Å². The maximum Gasteiger partial charge on any atom is 0.335 e. The summed E-state index contributed by atoms with van der Waals surface area (Å²) in [7, 11) is 0. The Morgan fingerprint density at radius 2 is 1.83 bits per heavy atom. The Morgan fingerprint density at radius 1 is 1.17 bits per heavy atom. The van der Waals surface area contributed by atoms with Crippen LogP contribution in [0.15, 0.2) is 24.3 Å². The molecule has 0 bridgehead atoms.